The molecule has 0 aromatic carbocycles. The monoisotopic (exact) mass is 312 g/mol. The molecular formula is C21H28O2. The van der Waals surface area contributed by atoms with E-state index in [1.807, 2.05) is 6.08 Å². The topological polar surface area (TPSA) is 40.5 Å². The molecule has 2 heteroatoms. The average Bonchev–Trinajstić information content (AvgIpc) is 2.80. The van der Waals surface area contributed by atoms with Gasteiger partial charge in [-0.1, -0.05) is 43.1 Å². The summed E-state index contributed by atoms with van der Waals surface area (Å²) in [5.41, 5.74) is 2.18. The molecule has 4 rings (SSSR count). The van der Waals surface area contributed by atoms with Crippen LogP contribution in [0.5, 0.6) is 0 Å². The molecule has 0 bridgehead atoms. The summed E-state index contributed by atoms with van der Waals surface area (Å²) in [7, 11) is 0. The third kappa shape index (κ3) is 1.84. The van der Waals surface area contributed by atoms with Gasteiger partial charge in [-0.15, -0.1) is 6.42 Å². The van der Waals surface area contributed by atoms with Gasteiger partial charge in [-0.05, 0) is 56.8 Å². The SMILES string of the molecule is C#C[C@]1(O)CCC2C3=C(CC[C@@]21C)[C@@]1(C)C=C[C@H](O)CC1CC3. The molecule has 2 N–H and O–H groups in total. The summed E-state index contributed by atoms with van der Waals surface area (Å²) in [5.74, 6) is 3.72. The zero-order valence-corrected chi connectivity index (χ0v) is 14.3. The number of aliphatic hydroxyl groups is 2. The number of allylic oxidation sites excluding steroid dienone is 3. The molecule has 2 unspecified atom stereocenters. The Balaban J connectivity index is 1.79. The lowest BCUT2D eigenvalue weighted by Crippen LogP contribution is -2.49. The lowest BCUT2D eigenvalue weighted by Gasteiger charge is -2.53. The van der Waals surface area contributed by atoms with Crippen LogP contribution >= 0.6 is 0 Å². The van der Waals surface area contributed by atoms with E-state index in [1.165, 1.54) is 0 Å². The first-order valence-corrected chi connectivity index (χ1v) is 9.14. The third-order valence-corrected chi connectivity index (χ3v) is 7.90. The Morgan fingerprint density at radius 1 is 1.22 bits per heavy atom. The second kappa shape index (κ2) is 4.74. The van der Waals surface area contributed by atoms with Crippen LogP contribution in [-0.2, 0) is 0 Å². The highest BCUT2D eigenvalue weighted by atomic mass is 16.3. The van der Waals surface area contributed by atoms with Gasteiger partial charge in [0.05, 0.1) is 6.10 Å². The number of hydrogen-bond donors (Lipinski definition) is 2. The van der Waals surface area contributed by atoms with E-state index in [9.17, 15) is 10.2 Å². The number of fused-ring (bicyclic) bond motifs is 4. The lowest BCUT2D eigenvalue weighted by molar-refractivity contribution is -0.0278. The first kappa shape index (κ1) is 15.5. The molecule has 1 saturated carbocycles. The van der Waals surface area contributed by atoms with Gasteiger partial charge in [0, 0.05) is 10.8 Å². The zero-order chi connectivity index (χ0) is 16.5. The minimum atomic E-state index is -0.938. The normalized spacial score (nSPS) is 51.7. The van der Waals surface area contributed by atoms with E-state index in [0.29, 0.717) is 11.8 Å². The van der Waals surface area contributed by atoms with E-state index in [0.717, 1.165) is 44.9 Å². The van der Waals surface area contributed by atoms with Crippen molar-refractivity contribution in [3.63, 3.8) is 0 Å². The van der Waals surface area contributed by atoms with E-state index in [-0.39, 0.29) is 16.9 Å². The Hall–Kier alpha value is -1.04. The molecule has 0 heterocycles. The van der Waals surface area contributed by atoms with E-state index in [4.69, 9.17) is 6.42 Å². The van der Waals surface area contributed by atoms with E-state index in [2.05, 4.69) is 25.8 Å². The first-order chi connectivity index (χ1) is 10.8. The smallest absolute Gasteiger partial charge is 0.131 e. The summed E-state index contributed by atoms with van der Waals surface area (Å²) in [6, 6.07) is 0. The van der Waals surface area contributed by atoms with Gasteiger partial charge in [-0.2, -0.15) is 0 Å². The maximum atomic E-state index is 11.0. The molecule has 0 aromatic heterocycles. The van der Waals surface area contributed by atoms with Gasteiger partial charge < -0.3 is 10.2 Å². The van der Waals surface area contributed by atoms with Crippen molar-refractivity contribution in [3.8, 4) is 12.3 Å². The largest absolute Gasteiger partial charge is 0.389 e. The minimum absolute atomic E-state index is 0.102. The van der Waals surface area contributed by atoms with Crippen LogP contribution in [0.15, 0.2) is 23.3 Å². The molecule has 0 saturated heterocycles. The van der Waals surface area contributed by atoms with Crippen molar-refractivity contribution in [2.24, 2.45) is 22.7 Å². The molecule has 4 aliphatic carbocycles. The Morgan fingerprint density at radius 2 is 2.00 bits per heavy atom. The molecule has 0 aromatic rings. The van der Waals surface area contributed by atoms with Crippen molar-refractivity contribution in [2.75, 3.05) is 0 Å². The fourth-order valence-corrected chi connectivity index (χ4v) is 6.27. The summed E-state index contributed by atoms with van der Waals surface area (Å²) in [6.45, 7) is 4.57. The maximum Gasteiger partial charge on any atom is 0.131 e. The predicted molar refractivity (Wildman–Crippen MR) is 91.5 cm³/mol. The van der Waals surface area contributed by atoms with Crippen LogP contribution in [0.1, 0.15) is 58.8 Å². The molecule has 0 aliphatic heterocycles. The molecule has 4 aliphatic rings. The van der Waals surface area contributed by atoms with Gasteiger partial charge in [-0.25, -0.2) is 0 Å². The second-order valence-electron chi connectivity index (χ2n) is 8.70. The van der Waals surface area contributed by atoms with E-state index >= 15 is 0 Å². The summed E-state index contributed by atoms with van der Waals surface area (Å²) in [4.78, 5) is 0. The van der Waals surface area contributed by atoms with Gasteiger partial charge >= 0.3 is 0 Å². The maximum absolute atomic E-state index is 11.0. The van der Waals surface area contributed by atoms with Gasteiger partial charge in [-0.3, -0.25) is 0 Å². The number of hydrogen-bond acceptors (Lipinski definition) is 2. The Bertz CT molecular complexity index is 639. The summed E-state index contributed by atoms with van der Waals surface area (Å²) in [6.07, 6.45) is 16.6. The molecule has 23 heavy (non-hydrogen) atoms. The zero-order valence-electron chi connectivity index (χ0n) is 14.3. The highest BCUT2D eigenvalue weighted by Gasteiger charge is 2.60. The van der Waals surface area contributed by atoms with Gasteiger partial charge in [0.25, 0.3) is 0 Å². The number of rotatable bonds is 0. The van der Waals surface area contributed by atoms with E-state index < -0.39 is 5.60 Å². The first-order valence-electron chi connectivity index (χ1n) is 9.14. The Labute approximate surface area is 139 Å². The second-order valence-corrected chi connectivity index (χ2v) is 8.70. The van der Waals surface area contributed by atoms with Gasteiger partial charge in [0.2, 0.25) is 0 Å². The van der Waals surface area contributed by atoms with Crippen LogP contribution in [0.4, 0.5) is 0 Å². The van der Waals surface area contributed by atoms with Crippen molar-refractivity contribution in [3.05, 3.63) is 23.3 Å². The molecule has 124 valence electrons. The summed E-state index contributed by atoms with van der Waals surface area (Å²) < 4.78 is 0. The van der Waals surface area contributed by atoms with Crippen molar-refractivity contribution in [1.82, 2.24) is 0 Å². The quantitative estimate of drug-likeness (QED) is 0.530. The summed E-state index contributed by atoms with van der Waals surface area (Å²) in [5, 5.41) is 21.0. The Kier molecular flexibility index (Phi) is 3.19. The predicted octanol–water partition coefficient (Wildman–Crippen LogP) is 3.59. The van der Waals surface area contributed by atoms with Crippen LogP contribution in [0.3, 0.4) is 0 Å². The summed E-state index contributed by atoms with van der Waals surface area (Å²) >= 11 is 0. The van der Waals surface area contributed by atoms with Crippen LogP contribution in [0, 0.1) is 35.0 Å². The molecule has 6 atom stereocenters. The molecule has 0 amide bonds. The molecule has 0 spiro atoms. The number of terminal acetylenes is 1. The molecule has 2 nitrogen and oxygen atoms in total. The van der Waals surface area contributed by atoms with Gasteiger partial charge in [0.15, 0.2) is 0 Å². The Morgan fingerprint density at radius 3 is 2.74 bits per heavy atom. The van der Waals surface area contributed by atoms with Crippen LogP contribution in [0.25, 0.3) is 0 Å². The van der Waals surface area contributed by atoms with Crippen molar-refractivity contribution in [2.45, 2.75) is 70.5 Å². The van der Waals surface area contributed by atoms with E-state index in [1.54, 1.807) is 11.1 Å². The van der Waals surface area contributed by atoms with Crippen molar-refractivity contribution >= 4 is 0 Å². The molecule has 0 radical (unpaired) electrons. The average molecular weight is 312 g/mol. The van der Waals surface area contributed by atoms with Crippen LogP contribution in [0.2, 0.25) is 0 Å². The highest BCUT2D eigenvalue weighted by molar-refractivity contribution is 5.40. The molecular weight excluding hydrogens is 284 g/mol. The highest BCUT2D eigenvalue weighted by Crippen LogP contribution is 2.64. The minimum Gasteiger partial charge on any atom is -0.389 e. The van der Waals surface area contributed by atoms with Crippen LogP contribution < -0.4 is 0 Å². The van der Waals surface area contributed by atoms with Crippen molar-refractivity contribution in [1.29, 1.82) is 0 Å². The third-order valence-electron chi connectivity index (χ3n) is 7.90. The van der Waals surface area contributed by atoms with Crippen LogP contribution in [-0.4, -0.2) is 21.9 Å². The standard InChI is InChI=1S/C21H28O2/c1-4-21(23)12-9-18-16-6-5-14-13-15(22)7-10-19(14,2)17(16)8-11-20(18,21)3/h1,7,10,14-15,18,22-23H,5-6,8-9,11-13H2,2-3H3/t14?,15-,18?,19-,20-,21-/m0/s1. The fraction of sp³-hybridized carbons (Fsp3) is 0.714. The lowest BCUT2D eigenvalue weighted by atomic mass is 9.52. The fourth-order valence-electron chi connectivity index (χ4n) is 6.27. The van der Waals surface area contributed by atoms with Gasteiger partial charge in [0.1, 0.15) is 5.60 Å². The van der Waals surface area contributed by atoms with Crippen molar-refractivity contribution < 1.29 is 10.2 Å². The molecule has 1 fully saturated rings. The number of aliphatic hydroxyl groups excluding tert-OH is 1.